The Hall–Kier alpha value is -2.71. The number of benzene rings is 3. The summed E-state index contributed by atoms with van der Waals surface area (Å²) < 4.78 is 25.3. The lowest BCUT2D eigenvalue weighted by molar-refractivity contribution is 0.392. The predicted molar refractivity (Wildman–Crippen MR) is 111 cm³/mol. The summed E-state index contributed by atoms with van der Waals surface area (Å²) >= 11 is 0. The largest absolute Gasteiger partial charge is 0.541 e. The fourth-order valence-corrected chi connectivity index (χ4v) is 4.22. The molecule has 0 aliphatic carbocycles. The van der Waals surface area contributed by atoms with Gasteiger partial charge in [0.25, 0.3) is 0 Å². The maximum absolute atomic E-state index is 13.6. The molecule has 0 saturated heterocycles. The van der Waals surface area contributed by atoms with E-state index in [1.165, 1.54) is 0 Å². The first-order chi connectivity index (χ1) is 12.8. The Morgan fingerprint density at radius 1 is 0.667 bits per heavy atom. The third-order valence-electron chi connectivity index (χ3n) is 4.22. The lowest BCUT2D eigenvalue weighted by atomic mass is 10.1. The number of aryl methyl sites for hydroxylation is 4. The second-order valence-electron chi connectivity index (χ2n) is 6.68. The van der Waals surface area contributed by atoms with Gasteiger partial charge in [0.2, 0.25) is 0 Å². The van der Waals surface area contributed by atoms with Crippen molar-refractivity contribution in [2.45, 2.75) is 27.7 Å². The summed E-state index contributed by atoms with van der Waals surface area (Å²) in [6, 6.07) is 20.6. The van der Waals surface area contributed by atoms with Crippen molar-refractivity contribution in [3.05, 3.63) is 89.0 Å². The van der Waals surface area contributed by atoms with Crippen molar-refractivity contribution in [1.82, 2.24) is 0 Å². The molecule has 3 rings (SSSR count). The molecule has 3 aromatic rings. The molecule has 140 valence electrons. The molecule has 0 heterocycles. The highest BCUT2D eigenvalue weighted by Crippen LogP contribution is 2.49. The van der Waals surface area contributed by atoms with Crippen LogP contribution in [0.25, 0.3) is 0 Å². The lowest BCUT2D eigenvalue weighted by Gasteiger charge is -2.23. The van der Waals surface area contributed by atoms with Gasteiger partial charge in [-0.15, -0.1) is 0 Å². The van der Waals surface area contributed by atoms with E-state index in [0.717, 1.165) is 27.9 Å². The van der Waals surface area contributed by atoms with E-state index in [-0.39, 0.29) is 0 Å². The second kappa shape index (κ2) is 7.89. The molecule has 27 heavy (non-hydrogen) atoms. The van der Waals surface area contributed by atoms with E-state index < -0.39 is 7.75 Å². The smallest absolute Gasteiger partial charge is 0.400 e. The zero-order chi connectivity index (χ0) is 19.4. The van der Waals surface area contributed by atoms with Crippen LogP contribution in [-0.4, -0.2) is 0 Å². The molecule has 5 heteroatoms. The summed E-state index contributed by atoms with van der Waals surface area (Å²) in [6.07, 6.45) is 0. The van der Waals surface area contributed by atoms with Gasteiger partial charge >= 0.3 is 7.75 Å². The van der Waals surface area contributed by atoms with Crippen LogP contribution < -0.4 is 14.1 Å². The van der Waals surface area contributed by atoms with Crippen LogP contribution in [0, 0.1) is 27.7 Å². The van der Waals surface area contributed by atoms with E-state index in [0.29, 0.717) is 11.5 Å². The SMILES string of the molecule is Cc1ccc(OP(=O)(Nc2c(C)cccc2C)Oc2ccc(C)cc2)cc1. The molecule has 0 spiro atoms. The fraction of sp³-hybridized carbons (Fsp3) is 0.182. The van der Waals surface area contributed by atoms with Gasteiger partial charge in [0.05, 0.1) is 5.69 Å². The monoisotopic (exact) mass is 381 g/mol. The highest BCUT2D eigenvalue weighted by atomic mass is 31.2. The zero-order valence-corrected chi connectivity index (χ0v) is 16.9. The van der Waals surface area contributed by atoms with E-state index >= 15 is 0 Å². The molecular formula is C22H24NO3P. The fourth-order valence-electron chi connectivity index (χ4n) is 2.67. The second-order valence-corrected chi connectivity index (χ2v) is 8.27. The molecule has 0 atom stereocenters. The average Bonchev–Trinajstić information content (AvgIpc) is 2.63. The summed E-state index contributed by atoms with van der Waals surface area (Å²) in [6.45, 7) is 7.89. The van der Waals surface area contributed by atoms with E-state index in [1.807, 2.05) is 70.2 Å². The van der Waals surface area contributed by atoms with Gasteiger partial charge in [-0.2, -0.15) is 0 Å². The summed E-state index contributed by atoms with van der Waals surface area (Å²) in [7, 11) is -3.72. The molecule has 0 bridgehead atoms. The minimum Gasteiger partial charge on any atom is -0.400 e. The Balaban J connectivity index is 1.95. The lowest BCUT2D eigenvalue weighted by Crippen LogP contribution is -2.11. The summed E-state index contributed by atoms with van der Waals surface area (Å²) in [5.74, 6) is 0.963. The van der Waals surface area contributed by atoms with Crippen LogP contribution in [0.5, 0.6) is 11.5 Å². The van der Waals surface area contributed by atoms with Gasteiger partial charge in [-0.05, 0) is 63.1 Å². The van der Waals surface area contributed by atoms with Crippen molar-refractivity contribution in [3.63, 3.8) is 0 Å². The van der Waals surface area contributed by atoms with Crippen LogP contribution >= 0.6 is 7.75 Å². The van der Waals surface area contributed by atoms with Crippen LogP contribution in [-0.2, 0) is 4.57 Å². The number of hydrogen-bond donors (Lipinski definition) is 1. The maximum Gasteiger partial charge on any atom is 0.541 e. The minimum atomic E-state index is -3.72. The third-order valence-corrected chi connectivity index (χ3v) is 5.62. The minimum absolute atomic E-state index is 0.481. The first kappa shape index (κ1) is 19.1. The topological polar surface area (TPSA) is 47.6 Å². The number of nitrogens with one attached hydrogen (secondary N) is 1. The van der Waals surface area contributed by atoms with Gasteiger partial charge in [0.15, 0.2) is 0 Å². The van der Waals surface area contributed by atoms with Crippen LogP contribution in [0.1, 0.15) is 22.3 Å². The summed E-state index contributed by atoms with van der Waals surface area (Å²) in [5.41, 5.74) is 4.88. The quantitative estimate of drug-likeness (QED) is 0.489. The predicted octanol–water partition coefficient (Wildman–Crippen LogP) is 6.60. The van der Waals surface area contributed by atoms with Crippen molar-refractivity contribution in [1.29, 1.82) is 0 Å². The number of anilines is 1. The van der Waals surface area contributed by atoms with Crippen molar-refractivity contribution < 1.29 is 13.6 Å². The van der Waals surface area contributed by atoms with Gasteiger partial charge in [0.1, 0.15) is 11.5 Å². The van der Waals surface area contributed by atoms with Crippen molar-refractivity contribution >= 4 is 13.4 Å². The average molecular weight is 381 g/mol. The molecule has 0 aromatic heterocycles. The molecule has 0 unspecified atom stereocenters. The van der Waals surface area contributed by atoms with Crippen LogP contribution in [0.15, 0.2) is 66.7 Å². The Morgan fingerprint density at radius 3 is 1.48 bits per heavy atom. The summed E-state index contributed by atoms with van der Waals surface area (Å²) in [5, 5.41) is 3.03. The molecule has 0 amide bonds. The van der Waals surface area contributed by atoms with Crippen molar-refractivity contribution in [2.75, 3.05) is 5.09 Å². The first-order valence-corrected chi connectivity index (χ1v) is 10.4. The standard InChI is InChI=1S/C22H24NO3P/c1-16-8-12-20(13-9-16)25-27(24,26-21-14-10-17(2)11-15-21)23-22-18(3)6-5-7-19(22)4/h5-15H,1-4H3,(H,23,24). The first-order valence-electron chi connectivity index (χ1n) is 8.82. The molecular weight excluding hydrogens is 357 g/mol. The Morgan fingerprint density at radius 2 is 1.07 bits per heavy atom. The normalized spacial score (nSPS) is 11.1. The number of rotatable bonds is 6. The Labute approximate surface area is 160 Å². The molecule has 4 nitrogen and oxygen atoms in total. The van der Waals surface area contributed by atoms with Gasteiger partial charge in [-0.3, -0.25) is 5.09 Å². The van der Waals surface area contributed by atoms with E-state index in [2.05, 4.69) is 5.09 Å². The maximum atomic E-state index is 13.6. The molecule has 3 aromatic carbocycles. The highest BCUT2D eigenvalue weighted by molar-refractivity contribution is 7.56. The zero-order valence-electron chi connectivity index (χ0n) is 16.0. The van der Waals surface area contributed by atoms with E-state index in [1.54, 1.807) is 24.3 Å². The van der Waals surface area contributed by atoms with Crippen LogP contribution in [0.2, 0.25) is 0 Å². The highest BCUT2D eigenvalue weighted by Gasteiger charge is 2.30. The van der Waals surface area contributed by atoms with Crippen molar-refractivity contribution in [2.24, 2.45) is 0 Å². The van der Waals surface area contributed by atoms with Gasteiger partial charge < -0.3 is 9.05 Å². The third kappa shape index (κ3) is 4.93. The molecule has 0 saturated carbocycles. The van der Waals surface area contributed by atoms with Gasteiger partial charge in [-0.25, -0.2) is 4.57 Å². The molecule has 0 aliphatic heterocycles. The van der Waals surface area contributed by atoms with Crippen LogP contribution in [0.3, 0.4) is 0 Å². The Kier molecular flexibility index (Phi) is 5.57. The number of hydrogen-bond acceptors (Lipinski definition) is 3. The van der Waals surface area contributed by atoms with E-state index in [4.69, 9.17) is 9.05 Å². The van der Waals surface area contributed by atoms with Crippen LogP contribution in [0.4, 0.5) is 5.69 Å². The molecule has 1 N–H and O–H groups in total. The Bertz CT molecular complexity index is 894. The number of para-hydroxylation sites is 1. The molecule has 0 radical (unpaired) electrons. The van der Waals surface area contributed by atoms with Gasteiger partial charge in [0, 0.05) is 0 Å². The molecule has 0 aliphatic rings. The van der Waals surface area contributed by atoms with Crippen molar-refractivity contribution in [3.8, 4) is 11.5 Å². The van der Waals surface area contributed by atoms with Gasteiger partial charge in [-0.1, -0.05) is 53.6 Å². The summed E-state index contributed by atoms with van der Waals surface area (Å²) in [4.78, 5) is 0. The molecule has 0 fully saturated rings. The van der Waals surface area contributed by atoms with E-state index in [9.17, 15) is 4.57 Å².